The van der Waals surface area contributed by atoms with Crippen LogP contribution in [0.4, 0.5) is 5.95 Å². The first-order chi connectivity index (χ1) is 10.8. The van der Waals surface area contributed by atoms with Crippen LogP contribution in [0.1, 0.15) is 20.3 Å². The van der Waals surface area contributed by atoms with Crippen LogP contribution in [-0.2, 0) is 25.6 Å². The number of esters is 2. The number of halogens is 1. The van der Waals surface area contributed by atoms with E-state index in [0.717, 1.165) is 0 Å². The number of hydrogen-bond acceptors (Lipinski definition) is 8. The molecule has 0 atom stereocenters. The Morgan fingerprint density at radius 2 is 1.92 bits per heavy atom. The van der Waals surface area contributed by atoms with Gasteiger partial charge in [0.2, 0.25) is 5.95 Å². The predicted octanol–water partition coefficient (Wildman–Crippen LogP) is 0.207. The van der Waals surface area contributed by atoms with E-state index in [0.29, 0.717) is 21.4 Å². The summed E-state index contributed by atoms with van der Waals surface area (Å²) < 4.78 is 12.6. The van der Waals surface area contributed by atoms with Gasteiger partial charge < -0.3 is 19.8 Å². The number of fused-ring (bicyclic) bond motifs is 1. The van der Waals surface area contributed by atoms with E-state index in [1.807, 2.05) is 22.6 Å². The summed E-state index contributed by atoms with van der Waals surface area (Å²) in [7, 11) is 0. The van der Waals surface area contributed by atoms with Gasteiger partial charge in [-0.15, -0.1) is 0 Å². The summed E-state index contributed by atoms with van der Waals surface area (Å²) >= 11 is 2.04. The van der Waals surface area contributed by atoms with Gasteiger partial charge in [-0.2, -0.15) is 4.98 Å². The van der Waals surface area contributed by atoms with Gasteiger partial charge in [0.1, 0.15) is 9.22 Å². The van der Waals surface area contributed by atoms with Crippen LogP contribution in [0.25, 0.3) is 11.2 Å². The molecule has 0 bridgehead atoms. The van der Waals surface area contributed by atoms with Gasteiger partial charge in [-0.25, -0.2) is 9.97 Å². The van der Waals surface area contributed by atoms with Crippen LogP contribution < -0.4 is 5.73 Å². The molecule has 2 aromatic heterocycles. The van der Waals surface area contributed by atoms with Crippen LogP contribution in [0.5, 0.6) is 0 Å². The average Bonchev–Trinajstić information content (AvgIpc) is 2.79. The summed E-state index contributed by atoms with van der Waals surface area (Å²) in [6, 6.07) is 0. The molecule has 1 aliphatic rings. The second kappa shape index (κ2) is 7.49. The monoisotopic (exact) mass is 471 g/mol. The second-order valence-electron chi connectivity index (χ2n) is 5.57. The van der Waals surface area contributed by atoms with E-state index in [-0.39, 0.29) is 63.8 Å². The van der Waals surface area contributed by atoms with Crippen molar-refractivity contribution in [3.05, 3.63) is 10.0 Å². The Balaban J connectivity index is 0.00000208. The molecule has 24 heavy (non-hydrogen) atoms. The molecule has 0 aliphatic carbocycles. The molecule has 3 heterocycles. The Bertz CT molecular complexity index is 789. The van der Waals surface area contributed by atoms with Crippen LogP contribution in [0, 0.1) is 9.62 Å². The van der Waals surface area contributed by atoms with Gasteiger partial charge in [0.25, 0.3) is 5.79 Å². The van der Waals surface area contributed by atoms with E-state index < -0.39 is 23.6 Å². The van der Waals surface area contributed by atoms with E-state index in [4.69, 9.17) is 15.2 Å². The van der Waals surface area contributed by atoms with Crippen molar-refractivity contribution in [1.29, 1.82) is 0 Å². The number of hydrogen-bond donors (Lipinski definition) is 1. The summed E-state index contributed by atoms with van der Waals surface area (Å²) in [6.45, 7) is 3.41. The van der Waals surface area contributed by atoms with Crippen molar-refractivity contribution in [2.75, 3.05) is 5.73 Å². The number of carbonyl (C=O) groups is 2. The van der Waals surface area contributed by atoms with Crippen LogP contribution in [0.2, 0.25) is 0 Å². The van der Waals surface area contributed by atoms with E-state index in [9.17, 15) is 9.59 Å². The van der Waals surface area contributed by atoms with Gasteiger partial charge in [0.05, 0.1) is 6.33 Å². The summed E-state index contributed by atoms with van der Waals surface area (Å²) in [5, 5.41) is 0. The summed E-state index contributed by atoms with van der Waals surface area (Å²) in [5.74, 6) is -3.17. The SMILES string of the molecule is CC1(C)OC(=O)C(CCn2cnc3nc(N)nc(I)c32)C(=O)O1.[KH]. The molecule has 0 spiro atoms. The van der Waals surface area contributed by atoms with E-state index in [1.54, 1.807) is 10.9 Å². The molecule has 2 N–H and O–H groups in total. The summed E-state index contributed by atoms with van der Waals surface area (Å²) in [6.07, 6.45) is 1.81. The van der Waals surface area contributed by atoms with Gasteiger partial charge in [0.15, 0.2) is 11.6 Å². The number of ether oxygens (including phenoxy) is 2. The van der Waals surface area contributed by atoms with Crippen molar-refractivity contribution < 1.29 is 19.1 Å². The minimum absolute atomic E-state index is 0. The number of rotatable bonds is 3. The Labute approximate surface area is 193 Å². The minimum atomic E-state index is -1.22. The first-order valence-electron chi connectivity index (χ1n) is 6.86. The normalized spacial score (nSPS) is 17.3. The number of nitrogens with zero attached hydrogens (tertiary/aromatic N) is 4. The Morgan fingerprint density at radius 1 is 1.29 bits per heavy atom. The maximum atomic E-state index is 12.0. The second-order valence-corrected chi connectivity index (χ2v) is 6.59. The van der Waals surface area contributed by atoms with Crippen molar-refractivity contribution in [3.8, 4) is 0 Å². The Hall–Kier alpha value is -0.344. The molecular formula is C13H15IKN5O4. The maximum absolute atomic E-state index is 12.0. The van der Waals surface area contributed by atoms with Crippen LogP contribution in [0.15, 0.2) is 6.33 Å². The fourth-order valence-corrected chi connectivity index (χ4v) is 3.17. The molecule has 1 fully saturated rings. The van der Waals surface area contributed by atoms with Crippen molar-refractivity contribution in [3.63, 3.8) is 0 Å². The molecule has 124 valence electrons. The first-order valence-corrected chi connectivity index (χ1v) is 7.94. The number of nitrogens with two attached hydrogens (primary N) is 1. The number of aryl methyl sites for hydroxylation is 1. The fourth-order valence-electron chi connectivity index (χ4n) is 2.37. The van der Waals surface area contributed by atoms with Gasteiger partial charge in [-0.1, -0.05) is 0 Å². The van der Waals surface area contributed by atoms with Gasteiger partial charge in [0, 0.05) is 20.4 Å². The Kier molecular flexibility index (Phi) is 6.24. The van der Waals surface area contributed by atoms with E-state index in [2.05, 4.69) is 15.0 Å². The number of anilines is 1. The molecular weight excluding hydrogens is 456 g/mol. The van der Waals surface area contributed by atoms with Crippen LogP contribution >= 0.6 is 22.6 Å². The molecule has 9 nitrogen and oxygen atoms in total. The van der Waals surface area contributed by atoms with Crippen molar-refractivity contribution in [1.82, 2.24) is 19.5 Å². The predicted molar refractivity (Wildman–Crippen MR) is 94.0 cm³/mol. The molecule has 1 aliphatic heterocycles. The first kappa shape index (κ1) is 20.0. The van der Waals surface area contributed by atoms with Crippen LogP contribution in [-0.4, -0.2) is 88.6 Å². The van der Waals surface area contributed by atoms with Crippen LogP contribution in [0.3, 0.4) is 0 Å². The van der Waals surface area contributed by atoms with Crippen molar-refractivity contribution in [2.24, 2.45) is 5.92 Å². The average molecular weight is 471 g/mol. The Morgan fingerprint density at radius 3 is 2.54 bits per heavy atom. The molecule has 0 amide bonds. The topological polar surface area (TPSA) is 122 Å². The number of imidazole rings is 1. The van der Waals surface area contributed by atoms with E-state index >= 15 is 0 Å². The molecule has 11 heteroatoms. The number of carbonyl (C=O) groups excluding carboxylic acids is 2. The summed E-state index contributed by atoms with van der Waals surface area (Å²) in [4.78, 5) is 36.2. The molecule has 0 radical (unpaired) electrons. The third-order valence-electron chi connectivity index (χ3n) is 3.37. The van der Waals surface area contributed by atoms with Gasteiger partial charge in [-0.3, -0.25) is 9.59 Å². The van der Waals surface area contributed by atoms with Gasteiger partial charge >= 0.3 is 63.3 Å². The quantitative estimate of drug-likeness (QED) is 0.222. The third-order valence-corrected chi connectivity index (χ3v) is 4.12. The molecule has 0 saturated carbocycles. The molecule has 3 rings (SSSR count). The number of aromatic nitrogens is 4. The number of nitrogen functional groups attached to an aromatic ring is 1. The van der Waals surface area contributed by atoms with E-state index in [1.165, 1.54) is 13.8 Å². The van der Waals surface area contributed by atoms with Crippen molar-refractivity contribution in [2.45, 2.75) is 32.6 Å². The fraction of sp³-hybridized carbons (Fsp3) is 0.462. The number of cyclic esters (lactones) is 2. The third kappa shape index (κ3) is 4.07. The van der Waals surface area contributed by atoms with Gasteiger partial charge in [-0.05, 0) is 29.0 Å². The standard InChI is InChI=1S/C13H14IN5O4.K.H/c1-13(2)22-10(20)6(11(21)23-13)3-4-19-5-16-9-7(19)8(14)17-12(15)18-9;;/h5-6H,3-4H2,1-2H3,(H2,15,17,18);;. The molecule has 1 saturated heterocycles. The molecule has 0 unspecified atom stereocenters. The molecule has 2 aromatic rings. The molecule has 0 aromatic carbocycles. The summed E-state index contributed by atoms with van der Waals surface area (Å²) in [5.41, 5.74) is 6.76. The zero-order chi connectivity index (χ0) is 16.8. The van der Waals surface area contributed by atoms with Crippen molar-refractivity contribution >= 4 is 103 Å². The zero-order valence-corrected chi connectivity index (χ0v) is 14.6. The zero-order valence-electron chi connectivity index (χ0n) is 12.4.